The van der Waals surface area contributed by atoms with Crippen molar-refractivity contribution in [1.82, 2.24) is 5.32 Å². The molecule has 0 aliphatic heterocycles. The van der Waals surface area contributed by atoms with E-state index in [1.165, 1.54) is 0 Å². The molecule has 0 spiro atoms. The molecule has 2 amide bonds. The highest BCUT2D eigenvalue weighted by molar-refractivity contribution is 8.13. The summed E-state index contributed by atoms with van der Waals surface area (Å²) in [7, 11) is 0. The van der Waals surface area contributed by atoms with Crippen LogP contribution in [0.25, 0.3) is 0 Å². The Hall–Kier alpha value is -3.42. The fourth-order valence-electron chi connectivity index (χ4n) is 2.86. The number of rotatable bonds is 8. The van der Waals surface area contributed by atoms with Crippen LogP contribution in [0.15, 0.2) is 89.8 Å². The van der Waals surface area contributed by atoms with Crippen LogP contribution in [0.4, 0.5) is 5.69 Å². The van der Waals surface area contributed by atoms with Crippen LogP contribution < -0.4 is 16.4 Å². The Morgan fingerprint density at radius 2 is 1.45 bits per heavy atom. The van der Waals surface area contributed by atoms with Crippen molar-refractivity contribution in [3.63, 3.8) is 0 Å². The molecule has 0 aromatic heterocycles. The minimum atomic E-state index is -0.694. The molecule has 0 heterocycles. The van der Waals surface area contributed by atoms with Crippen molar-refractivity contribution >= 4 is 34.4 Å². The van der Waals surface area contributed by atoms with Gasteiger partial charge >= 0.3 is 0 Å². The van der Waals surface area contributed by atoms with Crippen molar-refractivity contribution in [2.24, 2.45) is 5.73 Å². The highest BCUT2D eigenvalue weighted by Crippen LogP contribution is 2.25. The number of benzene rings is 3. The van der Waals surface area contributed by atoms with Gasteiger partial charge in [-0.25, -0.2) is 0 Å². The van der Waals surface area contributed by atoms with E-state index in [1.807, 2.05) is 36.4 Å². The Morgan fingerprint density at radius 1 is 0.839 bits per heavy atom. The summed E-state index contributed by atoms with van der Waals surface area (Å²) in [5, 5.41) is 5.07. The third kappa shape index (κ3) is 6.80. The minimum Gasteiger partial charge on any atom is -0.343 e. The summed E-state index contributed by atoms with van der Waals surface area (Å²) >= 11 is 0.937. The van der Waals surface area contributed by atoms with E-state index < -0.39 is 11.9 Å². The van der Waals surface area contributed by atoms with Crippen LogP contribution in [0.2, 0.25) is 0 Å². The molecule has 1 unspecified atom stereocenters. The van der Waals surface area contributed by atoms with Gasteiger partial charge in [0.1, 0.15) is 0 Å². The molecule has 0 aliphatic carbocycles. The molecule has 0 fully saturated rings. The average Bonchev–Trinajstić information content (AvgIpc) is 2.79. The van der Waals surface area contributed by atoms with Crippen LogP contribution in [0, 0.1) is 0 Å². The first kappa shape index (κ1) is 22.3. The van der Waals surface area contributed by atoms with Gasteiger partial charge in [-0.3, -0.25) is 14.4 Å². The van der Waals surface area contributed by atoms with E-state index in [1.54, 1.807) is 48.5 Å². The van der Waals surface area contributed by atoms with E-state index in [9.17, 15) is 14.4 Å². The van der Waals surface area contributed by atoms with Gasteiger partial charge in [0.15, 0.2) is 0 Å². The predicted molar refractivity (Wildman–Crippen MR) is 123 cm³/mol. The first-order valence-electron chi connectivity index (χ1n) is 9.76. The summed E-state index contributed by atoms with van der Waals surface area (Å²) in [5.41, 5.74) is 8.01. The highest BCUT2D eigenvalue weighted by Gasteiger charge is 2.19. The SMILES string of the molecule is NC(Cc1ccccc1)C(=O)Sc1ccccc1C(=O)NCC(=O)Nc1ccccc1. The summed E-state index contributed by atoms with van der Waals surface area (Å²) in [6, 6.07) is 24.6. The van der Waals surface area contributed by atoms with Crippen molar-refractivity contribution in [2.75, 3.05) is 11.9 Å². The van der Waals surface area contributed by atoms with Crippen LogP contribution in [0.1, 0.15) is 15.9 Å². The molecular formula is C24H23N3O3S. The standard InChI is InChI=1S/C24H23N3O3S/c25-20(15-17-9-3-1-4-10-17)24(30)31-21-14-8-7-13-19(21)23(29)26-16-22(28)27-18-11-5-2-6-12-18/h1-14,20H,15-16,25H2,(H,26,29)(H,27,28). The van der Waals surface area contributed by atoms with Crippen molar-refractivity contribution in [3.8, 4) is 0 Å². The lowest BCUT2D eigenvalue weighted by Crippen LogP contribution is -2.33. The number of thioether (sulfide) groups is 1. The van der Waals surface area contributed by atoms with Crippen molar-refractivity contribution in [3.05, 3.63) is 96.1 Å². The van der Waals surface area contributed by atoms with Gasteiger partial charge in [0.2, 0.25) is 11.0 Å². The molecule has 0 aliphatic rings. The molecule has 3 aromatic carbocycles. The third-order valence-electron chi connectivity index (χ3n) is 4.41. The Kier molecular flexibility index (Phi) is 7.98. The number of amides is 2. The van der Waals surface area contributed by atoms with Crippen molar-refractivity contribution in [2.45, 2.75) is 17.4 Å². The molecule has 158 valence electrons. The van der Waals surface area contributed by atoms with Crippen LogP contribution in [0.5, 0.6) is 0 Å². The summed E-state index contributed by atoms with van der Waals surface area (Å²) in [4.78, 5) is 37.8. The fourth-order valence-corrected chi connectivity index (χ4v) is 3.73. The van der Waals surface area contributed by atoms with Crippen molar-refractivity contribution < 1.29 is 14.4 Å². The monoisotopic (exact) mass is 433 g/mol. The van der Waals surface area contributed by atoms with Crippen LogP contribution in [0.3, 0.4) is 0 Å². The molecule has 4 N–H and O–H groups in total. The van der Waals surface area contributed by atoms with E-state index in [0.29, 0.717) is 22.6 Å². The molecule has 3 rings (SSSR count). The van der Waals surface area contributed by atoms with Gasteiger partial charge in [-0.1, -0.05) is 60.7 Å². The first-order chi connectivity index (χ1) is 15.0. The molecule has 0 radical (unpaired) electrons. The molecule has 31 heavy (non-hydrogen) atoms. The molecule has 7 heteroatoms. The summed E-state index contributed by atoms with van der Waals surface area (Å²) in [6.45, 7) is -0.186. The second kappa shape index (κ2) is 11.1. The number of nitrogens with one attached hydrogen (secondary N) is 2. The number of carbonyl (C=O) groups is 3. The van der Waals surface area contributed by atoms with E-state index in [4.69, 9.17) is 5.73 Å². The molecular weight excluding hydrogens is 410 g/mol. The highest BCUT2D eigenvalue weighted by atomic mass is 32.2. The van der Waals surface area contributed by atoms with E-state index in [2.05, 4.69) is 10.6 Å². The quantitative estimate of drug-likeness (QED) is 0.474. The second-order valence-electron chi connectivity index (χ2n) is 6.81. The maximum absolute atomic E-state index is 12.6. The minimum absolute atomic E-state index is 0.186. The average molecular weight is 434 g/mol. The lowest BCUT2D eigenvalue weighted by atomic mass is 10.1. The Balaban J connectivity index is 1.58. The first-order valence-corrected chi connectivity index (χ1v) is 10.6. The largest absolute Gasteiger partial charge is 0.343 e. The third-order valence-corrected chi connectivity index (χ3v) is 5.49. The molecule has 0 saturated carbocycles. The number of hydrogen-bond acceptors (Lipinski definition) is 5. The smallest absolute Gasteiger partial charge is 0.252 e. The van der Waals surface area contributed by atoms with Crippen LogP contribution in [-0.4, -0.2) is 29.5 Å². The normalized spacial score (nSPS) is 11.4. The fraction of sp³-hybridized carbons (Fsp3) is 0.125. The molecule has 1 atom stereocenters. The van der Waals surface area contributed by atoms with Gasteiger partial charge in [-0.2, -0.15) is 0 Å². The molecule has 3 aromatic rings. The van der Waals surface area contributed by atoms with Gasteiger partial charge in [0.05, 0.1) is 18.2 Å². The van der Waals surface area contributed by atoms with Gasteiger partial charge in [0.25, 0.3) is 5.91 Å². The van der Waals surface area contributed by atoms with Gasteiger partial charge in [-0.15, -0.1) is 0 Å². The number of carbonyl (C=O) groups excluding carboxylic acids is 3. The van der Waals surface area contributed by atoms with Crippen LogP contribution in [-0.2, 0) is 16.0 Å². The van der Waals surface area contributed by atoms with E-state index in [0.717, 1.165) is 17.3 Å². The summed E-state index contributed by atoms with van der Waals surface area (Å²) in [5.74, 6) is -0.776. The van der Waals surface area contributed by atoms with Gasteiger partial charge in [0, 0.05) is 10.6 Å². The van der Waals surface area contributed by atoms with Gasteiger partial charge < -0.3 is 16.4 Å². The number of anilines is 1. The molecule has 6 nitrogen and oxygen atoms in total. The van der Waals surface area contributed by atoms with Crippen molar-refractivity contribution in [1.29, 1.82) is 0 Å². The van der Waals surface area contributed by atoms with Crippen LogP contribution >= 0.6 is 11.8 Å². The predicted octanol–water partition coefficient (Wildman–Crippen LogP) is 3.24. The Morgan fingerprint density at radius 3 is 2.16 bits per heavy atom. The lowest BCUT2D eigenvalue weighted by molar-refractivity contribution is -0.115. The number of nitrogens with two attached hydrogens (primary N) is 1. The zero-order valence-electron chi connectivity index (χ0n) is 16.8. The van der Waals surface area contributed by atoms with Gasteiger partial charge in [-0.05, 0) is 48.0 Å². The Labute approximate surface area is 185 Å². The van der Waals surface area contributed by atoms with E-state index in [-0.39, 0.29) is 17.6 Å². The zero-order chi connectivity index (χ0) is 22.1. The summed E-state index contributed by atoms with van der Waals surface area (Å²) in [6.07, 6.45) is 0.417. The topological polar surface area (TPSA) is 101 Å². The number of para-hydroxylation sites is 1. The zero-order valence-corrected chi connectivity index (χ0v) is 17.6. The molecule has 0 bridgehead atoms. The molecule has 0 saturated heterocycles. The maximum atomic E-state index is 12.6. The second-order valence-corrected chi connectivity index (χ2v) is 7.86. The summed E-state index contributed by atoms with van der Waals surface area (Å²) < 4.78 is 0. The lowest BCUT2D eigenvalue weighted by Gasteiger charge is -2.13. The Bertz CT molecular complexity index is 1040. The maximum Gasteiger partial charge on any atom is 0.252 e. The number of hydrogen-bond donors (Lipinski definition) is 3. The van der Waals surface area contributed by atoms with E-state index >= 15 is 0 Å².